The summed E-state index contributed by atoms with van der Waals surface area (Å²) in [5, 5.41) is 0. The normalized spacial score (nSPS) is 25.7. The zero-order valence-electron chi connectivity index (χ0n) is 6.09. The fraction of sp³-hybridized carbons (Fsp3) is 0.714. The molecular formula is C7H10O3. The zero-order valence-corrected chi connectivity index (χ0v) is 6.09. The maximum absolute atomic E-state index is 10.8. The molecule has 1 fully saturated rings. The summed E-state index contributed by atoms with van der Waals surface area (Å²) in [6.07, 6.45) is 0.260. The maximum atomic E-state index is 10.8. The summed E-state index contributed by atoms with van der Waals surface area (Å²) in [5.41, 5.74) is 0. The third-order valence-electron chi connectivity index (χ3n) is 1.71. The zero-order chi connectivity index (χ0) is 7.72. The summed E-state index contributed by atoms with van der Waals surface area (Å²) in [4.78, 5) is 21.3. The molecule has 0 radical (unpaired) electrons. The van der Waals surface area contributed by atoms with E-state index in [-0.39, 0.29) is 30.2 Å². The average molecular weight is 142 g/mol. The Hall–Kier alpha value is -0.860. The molecule has 0 N–H and O–H groups in total. The van der Waals surface area contributed by atoms with Crippen LogP contribution in [0.1, 0.15) is 20.3 Å². The molecule has 1 aliphatic heterocycles. The van der Waals surface area contributed by atoms with Crippen LogP contribution in [0.4, 0.5) is 0 Å². The molecule has 0 bridgehead atoms. The third-order valence-corrected chi connectivity index (χ3v) is 1.71. The Labute approximate surface area is 59.4 Å². The molecule has 3 heteroatoms. The molecule has 0 spiro atoms. The Morgan fingerprint density at radius 1 is 1.50 bits per heavy atom. The van der Waals surface area contributed by atoms with Gasteiger partial charge in [-0.25, -0.2) is 0 Å². The van der Waals surface area contributed by atoms with Crippen LogP contribution in [0.25, 0.3) is 0 Å². The second kappa shape index (κ2) is 2.40. The van der Waals surface area contributed by atoms with Crippen molar-refractivity contribution < 1.29 is 14.3 Å². The van der Waals surface area contributed by atoms with Crippen LogP contribution < -0.4 is 0 Å². The Kier molecular flexibility index (Phi) is 1.74. The lowest BCUT2D eigenvalue weighted by atomic mass is 9.95. The number of cyclic esters (lactones) is 2. The number of esters is 2. The van der Waals surface area contributed by atoms with Crippen molar-refractivity contribution >= 4 is 11.9 Å². The molecule has 10 heavy (non-hydrogen) atoms. The standard InChI is InChI=1S/C7H10O3/c1-4(2)5-3-6(8)10-7(5)9/h4-5H,3H2,1-2H3/t5-/m1/s1. The lowest BCUT2D eigenvalue weighted by molar-refractivity contribution is -0.153. The van der Waals surface area contributed by atoms with Crippen molar-refractivity contribution in [3.63, 3.8) is 0 Å². The van der Waals surface area contributed by atoms with E-state index >= 15 is 0 Å². The summed E-state index contributed by atoms with van der Waals surface area (Å²) >= 11 is 0. The van der Waals surface area contributed by atoms with Gasteiger partial charge in [-0.2, -0.15) is 0 Å². The van der Waals surface area contributed by atoms with Gasteiger partial charge in [0.1, 0.15) is 0 Å². The minimum absolute atomic E-state index is 0.201. The van der Waals surface area contributed by atoms with E-state index in [9.17, 15) is 9.59 Å². The molecule has 0 unspecified atom stereocenters. The van der Waals surface area contributed by atoms with Gasteiger partial charge in [0.25, 0.3) is 0 Å². The van der Waals surface area contributed by atoms with Crippen molar-refractivity contribution in [3.05, 3.63) is 0 Å². The van der Waals surface area contributed by atoms with Gasteiger partial charge in [0.2, 0.25) is 0 Å². The first-order chi connectivity index (χ1) is 4.61. The fourth-order valence-corrected chi connectivity index (χ4v) is 1.00. The molecule has 1 saturated heterocycles. The molecule has 0 aromatic heterocycles. The van der Waals surface area contributed by atoms with Crippen molar-refractivity contribution in [2.24, 2.45) is 11.8 Å². The molecule has 0 saturated carbocycles. The van der Waals surface area contributed by atoms with E-state index in [0.29, 0.717) is 0 Å². The van der Waals surface area contributed by atoms with Crippen molar-refractivity contribution in [2.75, 3.05) is 0 Å². The highest BCUT2D eigenvalue weighted by Gasteiger charge is 2.35. The number of ether oxygens (including phenoxy) is 1. The monoisotopic (exact) mass is 142 g/mol. The minimum atomic E-state index is -0.385. The number of rotatable bonds is 1. The molecule has 0 aromatic rings. The highest BCUT2D eigenvalue weighted by molar-refractivity contribution is 5.94. The fourth-order valence-electron chi connectivity index (χ4n) is 1.00. The molecule has 0 aliphatic carbocycles. The molecule has 1 heterocycles. The van der Waals surface area contributed by atoms with Gasteiger partial charge in [-0.3, -0.25) is 9.59 Å². The van der Waals surface area contributed by atoms with Gasteiger partial charge < -0.3 is 4.74 Å². The van der Waals surface area contributed by atoms with Crippen molar-refractivity contribution in [1.29, 1.82) is 0 Å². The summed E-state index contributed by atoms with van der Waals surface area (Å²) in [6, 6.07) is 0. The van der Waals surface area contributed by atoms with Crippen LogP contribution in [-0.2, 0) is 14.3 Å². The largest absolute Gasteiger partial charge is 0.393 e. The van der Waals surface area contributed by atoms with Gasteiger partial charge in [0.15, 0.2) is 0 Å². The van der Waals surface area contributed by atoms with Crippen LogP contribution in [0.5, 0.6) is 0 Å². The Bertz CT molecular complexity index is 172. The number of carbonyl (C=O) groups is 2. The van der Waals surface area contributed by atoms with E-state index in [1.54, 1.807) is 0 Å². The van der Waals surface area contributed by atoms with E-state index in [4.69, 9.17) is 0 Å². The molecule has 56 valence electrons. The molecule has 0 amide bonds. The van der Waals surface area contributed by atoms with E-state index in [1.807, 2.05) is 13.8 Å². The highest BCUT2D eigenvalue weighted by atomic mass is 16.6. The summed E-state index contributed by atoms with van der Waals surface area (Å²) in [6.45, 7) is 3.81. The highest BCUT2D eigenvalue weighted by Crippen LogP contribution is 2.23. The van der Waals surface area contributed by atoms with Gasteiger partial charge in [-0.05, 0) is 5.92 Å². The summed E-state index contributed by atoms with van der Waals surface area (Å²) < 4.78 is 4.36. The SMILES string of the molecule is CC(C)[C@H]1CC(=O)OC1=O. The smallest absolute Gasteiger partial charge is 0.317 e. The first-order valence-electron chi connectivity index (χ1n) is 3.36. The molecule has 0 aromatic carbocycles. The molecule has 1 rings (SSSR count). The Morgan fingerprint density at radius 2 is 2.10 bits per heavy atom. The van der Waals surface area contributed by atoms with Crippen LogP contribution in [0.2, 0.25) is 0 Å². The minimum Gasteiger partial charge on any atom is -0.393 e. The molecule has 3 nitrogen and oxygen atoms in total. The predicted molar refractivity (Wildman–Crippen MR) is 34.0 cm³/mol. The van der Waals surface area contributed by atoms with Crippen LogP contribution in [-0.4, -0.2) is 11.9 Å². The van der Waals surface area contributed by atoms with Crippen LogP contribution in [0, 0.1) is 11.8 Å². The van der Waals surface area contributed by atoms with Gasteiger partial charge in [-0.1, -0.05) is 13.8 Å². The van der Waals surface area contributed by atoms with Crippen LogP contribution >= 0.6 is 0 Å². The second-order valence-electron chi connectivity index (χ2n) is 2.85. The number of hydrogen-bond acceptors (Lipinski definition) is 3. The predicted octanol–water partition coefficient (Wildman–Crippen LogP) is 0.732. The van der Waals surface area contributed by atoms with Crippen molar-refractivity contribution in [2.45, 2.75) is 20.3 Å². The van der Waals surface area contributed by atoms with Crippen LogP contribution in [0.15, 0.2) is 0 Å². The quantitative estimate of drug-likeness (QED) is 0.400. The molecule has 1 atom stereocenters. The van der Waals surface area contributed by atoms with Gasteiger partial charge in [0.05, 0.1) is 12.3 Å². The Morgan fingerprint density at radius 3 is 2.30 bits per heavy atom. The van der Waals surface area contributed by atoms with E-state index in [2.05, 4.69) is 4.74 Å². The third kappa shape index (κ3) is 1.17. The summed E-state index contributed by atoms with van der Waals surface area (Å²) in [5.74, 6) is -0.741. The molecule has 1 aliphatic rings. The van der Waals surface area contributed by atoms with Gasteiger partial charge in [0, 0.05) is 0 Å². The van der Waals surface area contributed by atoms with Crippen molar-refractivity contribution in [1.82, 2.24) is 0 Å². The lowest BCUT2D eigenvalue weighted by Crippen LogP contribution is -2.13. The maximum Gasteiger partial charge on any atom is 0.317 e. The number of hydrogen-bond donors (Lipinski definition) is 0. The first-order valence-corrected chi connectivity index (χ1v) is 3.36. The average Bonchev–Trinajstić information content (AvgIpc) is 2.10. The topological polar surface area (TPSA) is 43.4 Å². The van der Waals surface area contributed by atoms with Crippen LogP contribution in [0.3, 0.4) is 0 Å². The van der Waals surface area contributed by atoms with E-state index in [0.717, 1.165) is 0 Å². The Balaban J connectivity index is 2.63. The molecular weight excluding hydrogens is 132 g/mol. The first kappa shape index (κ1) is 7.25. The summed E-state index contributed by atoms with van der Waals surface area (Å²) in [7, 11) is 0. The second-order valence-corrected chi connectivity index (χ2v) is 2.85. The number of carbonyl (C=O) groups excluding carboxylic acids is 2. The van der Waals surface area contributed by atoms with Crippen molar-refractivity contribution in [3.8, 4) is 0 Å². The van der Waals surface area contributed by atoms with E-state index < -0.39 is 0 Å². The van der Waals surface area contributed by atoms with Gasteiger partial charge in [-0.15, -0.1) is 0 Å². The van der Waals surface area contributed by atoms with Gasteiger partial charge >= 0.3 is 11.9 Å². The van der Waals surface area contributed by atoms with E-state index in [1.165, 1.54) is 0 Å². The lowest BCUT2D eigenvalue weighted by Gasteiger charge is -2.06.